The van der Waals surface area contributed by atoms with Crippen molar-refractivity contribution in [3.8, 4) is 17.2 Å². The molecule has 0 aliphatic carbocycles. The Morgan fingerprint density at radius 1 is 0.966 bits per heavy atom. The van der Waals surface area contributed by atoms with Crippen molar-refractivity contribution in [1.29, 1.82) is 0 Å². The second-order valence-corrected chi connectivity index (χ2v) is 6.37. The maximum absolute atomic E-state index is 13.2. The number of pyridine rings is 2. The van der Waals surface area contributed by atoms with Gasteiger partial charge in [0.25, 0.3) is 0 Å². The number of halogens is 2. The predicted octanol–water partition coefficient (Wildman–Crippen LogP) is 4.16. The van der Waals surface area contributed by atoms with Gasteiger partial charge in [0.2, 0.25) is 5.88 Å². The molecule has 0 aliphatic heterocycles. The highest BCUT2D eigenvalue weighted by atomic mass is 19.1. The molecule has 0 atom stereocenters. The van der Waals surface area contributed by atoms with Crippen LogP contribution in [0.5, 0.6) is 5.88 Å². The van der Waals surface area contributed by atoms with E-state index in [2.05, 4.69) is 15.1 Å². The fraction of sp³-hybridized carbons (Fsp3) is 0.0952. The van der Waals surface area contributed by atoms with Gasteiger partial charge in [-0.05, 0) is 35.4 Å². The van der Waals surface area contributed by atoms with Crippen LogP contribution in [-0.4, -0.2) is 15.1 Å². The van der Waals surface area contributed by atoms with Crippen molar-refractivity contribution in [2.75, 3.05) is 5.73 Å². The molecule has 0 saturated heterocycles. The van der Waals surface area contributed by atoms with Crippen molar-refractivity contribution < 1.29 is 18.0 Å². The minimum absolute atomic E-state index is 0.0141. The minimum atomic E-state index is -0.646. The van der Waals surface area contributed by atoms with Crippen LogP contribution < -0.4 is 10.5 Å². The van der Waals surface area contributed by atoms with Crippen LogP contribution in [0.25, 0.3) is 11.3 Å². The van der Waals surface area contributed by atoms with Gasteiger partial charge in [-0.25, -0.2) is 18.7 Å². The van der Waals surface area contributed by atoms with E-state index in [-0.39, 0.29) is 6.61 Å². The van der Waals surface area contributed by atoms with Crippen LogP contribution in [0.3, 0.4) is 0 Å². The van der Waals surface area contributed by atoms with E-state index < -0.39 is 11.6 Å². The molecule has 3 aromatic heterocycles. The molecule has 3 heterocycles. The highest BCUT2D eigenvalue weighted by Gasteiger charge is 2.11. The molecule has 0 amide bonds. The normalized spacial score (nSPS) is 10.8. The number of hydrogen-bond donors (Lipinski definition) is 1. The molecule has 8 heteroatoms. The Morgan fingerprint density at radius 2 is 1.79 bits per heavy atom. The zero-order valence-electron chi connectivity index (χ0n) is 15.2. The molecule has 0 fully saturated rings. The second kappa shape index (κ2) is 8.05. The summed E-state index contributed by atoms with van der Waals surface area (Å²) in [5.74, 6) is -0.0290. The van der Waals surface area contributed by atoms with Crippen molar-refractivity contribution in [1.82, 2.24) is 15.1 Å². The van der Waals surface area contributed by atoms with Gasteiger partial charge in [0.05, 0.1) is 11.3 Å². The zero-order valence-corrected chi connectivity index (χ0v) is 15.2. The van der Waals surface area contributed by atoms with E-state index >= 15 is 0 Å². The summed E-state index contributed by atoms with van der Waals surface area (Å²) in [4.78, 5) is 8.25. The lowest BCUT2D eigenvalue weighted by Crippen LogP contribution is -1.99. The molecule has 4 rings (SSSR count). The Hall–Kier alpha value is -3.81. The molecule has 146 valence electrons. The van der Waals surface area contributed by atoms with Gasteiger partial charge in [-0.3, -0.25) is 0 Å². The SMILES string of the molecule is Nc1ncccc1-c1cc(Cc2ccc(OCc3cc(F)cc(F)c3)nc2)no1. The highest BCUT2D eigenvalue weighted by Crippen LogP contribution is 2.25. The van der Waals surface area contributed by atoms with Crippen LogP contribution in [0, 0.1) is 11.6 Å². The average molecular weight is 394 g/mol. The summed E-state index contributed by atoms with van der Waals surface area (Å²) in [7, 11) is 0. The number of nitrogen functional groups attached to an aromatic ring is 1. The first kappa shape index (κ1) is 18.5. The van der Waals surface area contributed by atoms with Gasteiger partial charge in [0.1, 0.15) is 24.1 Å². The lowest BCUT2D eigenvalue weighted by molar-refractivity contribution is 0.292. The molecule has 2 N–H and O–H groups in total. The number of rotatable bonds is 6. The van der Waals surface area contributed by atoms with Crippen molar-refractivity contribution in [3.63, 3.8) is 0 Å². The van der Waals surface area contributed by atoms with E-state index in [1.807, 2.05) is 12.1 Å². The standard InChI is InChI=1S/C21H16F2N4O2/c22-15-6-14(7-16(23)9-15)12-28-20-4-3-13(11-26-20)8-17-10-19(29-27-17)18-2-1-5-25-21(18)24/h1-7,9-11H,8,12H2,(H2,24,25). The van der Waals surface area contributed by atoms with Crippen molar-refractivity contribution >= 4 is 5.82 Å². The Labute approximate surface area is 165 Å². The van der Waals surface area contributed by atoms with Gasteiger partial charge in [0, 0.05) is 37.0 Å². The van der Waals surface area contributed by atoms with E-state index in [0.717, 1.165) is 11.6 Å². The number of hydrogen-bond acceptors (Lipinski definition) is 6. The number of aromatic nitrogens is 3. The summed E-state index contributed by atoms with van der Waals surface area (Å²) in [6.07, 6.45) is 3.76. The van der Waals surface area contributed by atoms with E-state index in [1.165, 1.54) is 12.1 Å². The maximum Gasteiger partial charge on any atom is 0.213 e. The summed E-state index contributed by atoms with van der Waals surface area (Å²) < 4.78 is 37.3. The van der Waals surface area contributed by atoms with E-state index in [1.54, 1.807) is 30.6 Å². The molecule has 1 aromatic carbocycles. The third-order valence-electron chi connectivity index (χ3n) is 4.15. The van der Waals surface area contributed by atoms with E-state index in [4.69, 9.17) is 15.0 Å². The van der Waals surface area contributed by atoms with Gasteiger partial charge in [0.15, 0.2) is 5.76 Å². The quantitative estimate of drug-likeness (QED) is 0.528. The van der Waals surface area contributed by atoms with Crippen LogP contribution in [-0.2, 0) is 13.0 Å². The smallest absolute Gasteiger partial charge is 0.213 e. The molecule has 6 nitrogen and oxygen atoms in total. The molecule has 0 unspecified atom stereocenters. The first-order valence-electron chi connectivity index (χ1n) is 8.76. The molecule has 0 saturated carbocycles. The first-order chi connectivity index (χ1) is 14.1. The van der Waals surface area contributed by atoms with Crippen LogP contribution in [0.15, 0.2) is 65.4 Å². The minimum Gasteiger partial charge on any atom is -0.473 e. The van der Waals surface area contributed by atoms with Crippen molar-refractivity contribution in [3.05, 3.63) is 89.4 Å². The largest absolute Gasteiger partial charge is 0.473 e. The first-order valence-corrected chi connectivity index (χ1v) is 8.76. The zero-order chi connectivity index (χ0) is 20.2. The van der Waals surface area contributed by atoms with E-state index in [9.17, 15) is 8.78 Å². The van der Waals surface area contributed by atoms with Gasteiger partial charge in [-0.1, -0.05) is 11.2 Å². The fourth-order valence-corrected chi connectivity index (χ4v) is 2.81. The van der Waals surface area contributed by atoms with Crippen LogP contribution in [0.2, 0.25) is 0 Å². The molecule has 0 spiro atoms. The summed E-state index contributed by atoms with van der Waals surface area (Å²) in [5.41, 5.74) is 8.54. The van der Waals surface area contributed by atoms with Crippen LogP contribution >= 0.6 is 0 Å². The Kier molecular flexibility index (Phi) is 5.15. The number of ether oxygens (including phenoxy) is 1. The predicted molar refractivity (Wildman–Crippen MR) is 102 cm³/mol. The van der Waals surface area contributed by atoms with Crippen molar-refractivity contribution in [2.24, 2.45) is 0 Å². The summed E-state index contributed by atoms with van der Waals surface area (Å²) in [5, 5.41) is 4.06. The highest BCUT2D eigenvalue weighted by molar-refractivity contribution is 5.69. The van der Waals surface area contributed by atoms with E-state index in [0.29, 0.717) is 40.7 Å². The lowest BCUT2D eigenvalue weighted by Gasteiger charge is -2.06. The van der Waals surface area contributed by atoms with Gasteiger partial charge in [-0.15, -0.1) is 0 Å². The van der Waals surface area contributed by atoms with Gasteiger partial charge < -0.3 is 15.0 Å². The average Bonchev–Trinajstić information content (AvgIpc) is 3.15. The summed E-state index contributed by atoms with van der Waals surface area (Å²) in [6.45, 7) is 0.0141. The molecule has 4 aromatic rings. The third kappa shape index (κ3) is 4.55. The number of benzene rings is 1. The monoisotopic (exact) mass is 394 g/mol. The Bertz CT molecular complexity index is 1110. The van der Waals surface area contributed by atoms with Crippen LogP contribution in [0.4, 0.5) is 14.6 Å². The molecule has 0 aliphatic rings. The second-order valence-electron chi connectivity index (χ2n) is 6.37. The summed E-state index contributed by atoms with van der Waals surface area (Å²) in [6, 6.07) is 12.2. The Balaban J connectivity index is 1.39. The van der Waals surface area contributed by atoms with Gasteiger partial charge in [-0.2, -0.15) is 0 Å². The molecule has 0 radical (unpaired) electrons. The topological polar surface area (TPSA) is 87.1 Å². The molecule has 29 heavy (non-hydrogen) atoms. The number of anilines is 1. The van der Waals surface area contributed by atoms with Crippen LogP contribution in [0.1, 0.15) is 16.8 Å². The maximum atomic E-state index is 13.2. The fourth-order valence-electron chi connectivity index (χ4n) is 2.81. The molecular formula is C21H16F2N4O2. The van der Waals surface area contributed by atoms with Gasteiger partial charge >= 0.3 is 0 Å². The molecular weight excluding hydrogens is 378 g/mol. The Morgan fingerprint density at radius 3 is 2.52 bits per heavy atom. The summed E-state index contributed by atoms with van der Waals surface area (Å²) >= 11 is 0. The number of nitrogens with two attached hydrogens (primary N) is 1. The van der Waals surface area contributed by atoms with Crippen molar-refractivity contribution in [2.45, 2.75) is 13.0 Å². The third-order valence-corrected chi connectivity index (χ3v) is 4.15. The molecule has 0 bridgehead atoms. The number of nitrogens with zero attached hydrogens (tertiary/aromatic N) is 3. The lowest BCUT2D eigenvalue weighted by atomic mass is 10.1.